The Morgan fingerprint density at radius 1 is 1.44 bits per heavy atom. The second-order valence-corrected chi connectivity index (χ2v) is 6.09. The lowest BCUT2D eigenvalue weighted by Crippen LogP contribution is -2.55. The lowest BCUT2D eigenvalue weighted by molar-refractivity contribution is 0.0236. The fraction of sp³-hybridized carbons (Fsp3) is 0.571. The van der Waals surface area contributed by atoms with Gasteiger partial charge in [0, 0.05) is 25.8 Å². The Bertz CT molecular complexity index is 488. The highest BCUT2D eigenvalue weighted by atomic mass is 16.2. The largest absolute Gasteiger partial charge is 0.370 e. The first-order valence-electron chi connectivity index (χ1n) is 6.57. The van der Waals surface area contributed by atoms with Gasteiger partial charge in [-0.15, -0.1) is 0 Å². The molecule has 0 radical (unpaired) electrons. The molecule has 1 amide bonds. The Morgan fingerprint density at radius 3 is 2.94 bits per heavy atom. The van der Waals surface area contributed by atoms with Crippen LogP contribution in [0.15, 0.2) is 12.3 Å². The van der Waals surface area contributed by atoms with E-state index in [1.807, 2.05) is 11.0 Å². The highest BCUT2D eigenvalue weighted by Crippen LogP contribution is 2.30. The van der Waals surface area contributed by atoms with Gasteiger partial charge in [0.1, 0.15) is 5.82 Å². The second-order valence-electron chi connectivity index (χ2n) is 6.09. The van der Waals surface area contributed by atoms with Crippen molar-refractivity contribution in [3.05, 3.63) is 23.4 Å². The Kier molecular flexibility index (Phi) is 2.54. The van der Waals surface area contributed by atoms with Crippen LogP contribution in [0.2, 0.25) is 0 Å². The summed E-state index contributed by atoms with van der Waals surface area (Å²) in [5, 5.41) is 3.26. The van der Waals surface area contributed by atoms with Gasteiger partial charge in [0.15, 0.2) is 0 Å². The Balaban J connectivity index is 1.78. The molecule has 3 heterocycles. The molecule has 0 bridgehead atoms. The van der Waals surface area contributed by atoms with E-state index in [2.05, 4.69) is 24.1 Å². The van der Waals surface area contributed by atoms with Crippen LogP contribution in [0.25, 0.3) is 0 Å². The number of fused-ring (bicyclic) bond motifs is 1. The van der Waals surface area contributed by atoms with Crippen LogP contribution in [0.5, 0.6) is 0 Å². The summed E-state index contributed by atoms with van der Waals surface area (Å²) in [4.78, 5) is 18.5. The summed E-state index contributed by atoms with van der Waals surface area (Å²) in [6.45, 7) is 7.05. The van der Waals surface area contributed by atoms with E-state index in [1.54, 1.807) is 6.20 Å². The molecule has 1 saturated heterocycles. The number of rotatable bonds is 1. The van der Waals surface area contributed by atoms with Crippen molar-refractivity contribution >= 4 is 11.7 Å². The van der Waals surface area contributed by atoms with Crippen LogP contribution in [-0.4, -0.2) is 35.4 Å². The average molecular weight is 245 g/mol. The predicted octanol–water partition coefficient (Wildman–Crippen LogP) is 1.92. The summed E-state index contributed by atoms with van der Waals surface area (Å²) in [6, 6.07) is 2.00. The van der Waals surface area contributed by atoms with E-state index in [0.29, 0.717) is 0 Å². The van der Waals surface area contributed by atoms with Gasteiger partial charge in [-0.1, -0.05) is 13.8 Å². The first-order valence-corrected chi connectivity index (χ1v) is 6.57. The third-order valence-corrected chi connectivity index (χ3v) is 3.65. The van der Waals surface area contributed by atoms with Crippen LogP contribution in [0.3, 0.4) is 0 Å². The molecule has 0 aliphatic carbocycles. The maximum absolute atomic E-state index is 12.3. The van der Waals surface area contributed by atoms with Gasteiger partial charge in [-0.3, -0.25) is 4.79 Å². The molecule has 96 valence electrons. The van der Waals surface area contributed by atoms with E-state index in [4.69, 9.17) is 0 Å². The van der Waals surface area contributed by atoms with Crippen molar-refractivity contribution < 1.29 is 4.79 Å². The number of aryl methyl sites for hydroxylation is 1. The van der Waals surface area contributed by atoms with Crippen molar-refractivity contribution in [3.63, 3.8) is 0 Å². The average Bonchev–Trinajstić information content (AvgIpc) is 2.34. The molecule has 1 aromatic heterocycles. The van der Waals surface area contributed by atoms with Gasteiger partial charge >= 0.3 is 0 Å². The third-order valence-electron chi connectivity index (χ3n) is 3.65. The summed E-state index contributed by atoms with van der Waals surface area (Å²) in [5.41, 5.74) is 2.18. The van der Waals surface area contributed by atoms with Crippen LogP contribution in [-0.2, 0) is 6.42 Å². The van der Waals surface area contributed by atoms with Gasteiger partial charge in [0.25, 0.3) is 5.91 Å². The molecule has 0 aromatic carbocycles. The maximum atomic E-state index is 12.3. The number of carbonyl (C=O) groups excluding carboxylic acids is 1. The van der Waals surface area contributed by atoms with Crippen LogP contribution in [0, 0.1) is 5.41 Å². The number of hydrogen-bond donors (Lipinski definition) is 1. The molecule has 0 unspecified atom stereocenters. The molecule has 1 aromatic rings. The molecule has 0 spiro atoms. The third kappa shape index (κ3) is 1.96. The number of nitrogens with zero attached hydrogens (tertiary/aromatic N) is 2. The van der Waals surface area contributed by atoms with Gasteiger partial charge in [0.05, 0.1) is 5.56 Å². The van der Waals surface area contributed by atoms with Crippen molar-refractivity contribution in [2.45, 2.75) is 26.7 Å². The van der Waals surface area contributed by atoms with Crippen LogP contribution < -0.4 is 5.32 Å². The molecule has 2 aliphatic heterocycles. The molecular weight excluding hydrogens is 226 g/mol. The first kappa shape index (κ1) is 11.5. The number of amides is 1. The molecule has 0 saturated carbocycles. The molecule has 4 nitrogen and oxygen atoms in total. The number of pyridine rings is 1. The van der Waals surface area contributed by atoms with Crippen molar-refractivity contribution in [1.29, 1.82) is 0 Å². The predicted molar refractivity (Wildman–Crippen MR) is 70.7 cm³/mol. The van der Waals surface area contributed by atoms with Gasteiger partial charge in [-0.2, -0.15) is 0 Å². The maximum Gasteiger partial charge on any atom is 0.255 e. The zero-order chi connectivity index (χ0) is 12.8. The topological polar surface area (TPSA) is 45.2 Å². The van der Waals surface area contributed by atoms with Crippen molar-refractivity contribution in [2.75, 3.05) is 25.0 Å². The molecule has 2 aliphatic rings. The summed E-state index contributed by atoms with van der Waals surface area (Å²) in [5.74, 6) is 1.07. The zero-order valence-electron chi connectivity index (χ0n) is 11.0. The van der Waals surface area contributed by atoms with Gasteiger partial charge in [-0.25, -0.2) is 4.98 Å². The summed E-state index contributed by atoms with van der Waals surface area (Å²) in [6.07, 6.45) is 3.83. The number of nitrogens with one attached hydrogen (secondary N) is 1. The minimum absolute atomic E-state index is 0.121. The van der Waals surface area contributed by atoms with E-state index < -0.39 is 0 Å². The second kappa shape index (κ2) is 3.97. The minimum atomic E-state index is 0.121. The van der Waals surface area contributed by atoms with Crippen molar-refractivity contribution in [1.82, 2.24) is 9.88 Å². The molecule has 1 fully saturated rings. The van der Waals surface area contributed by atoms with E-state index in [0.717, 1.165) is 43.9 Å². The van der Waals surface area contributed by atoms with Crippen LogP contribution >= 0.6 is 0 Å². The van der Waals surface area contributed by atoms with Crippen LogP contribution in [0.4, 0.5) is 5.82 Å². The molecule has 4 heteroatoms. The first-order chi connectivity index (χ1) is 8.55. The van der Waals surface area contributed by atoms with Crippen molar-refractivity contribution in [2.24, 2.45) is 5.41 Å². The molecular formula is C14H19N3O. The summed E-state index contributed by atoms with van der Waals surface area (Å²) >= 11 is 0. The van der Waals surface area contributed by atoms with Crippen molar-refractivity contribution in [3.8, 4) is 0 Å². The molecule has 18 heavy (non-hydrogen) atoms. The fourth-order valence-corrected chi connectivity index (χ4v) is 2.78. The standard InChI is InChI=1S/C14H19N3O/c1-14(2)8-17(9-14)13(18)11-6-10-4-3-5-15-12(10)16-7-11/h6-7H,3-5,8-9H2,1-2H3,(H,15,16). The molecule has 1 N–H and O–H groups in total. The van der Waals surface area contributed by atoms with E-state index >= 15 is 0 Å². The SMILES string of the molecule is CC1(C)CN(C(=O)c2cnc3c(c2)CCCN3)C1. The highest BCUT2D eigenvalue weighted by molar-refractivity contribution is 5.95. The fourth-order valence-electron chi connectivity index (χ4n) is 2.78. The number of anilines is 1. The minimum Gasteiger partial charge on any atom is -0.370 e. The van der Waals surface area contributed by atoms with E-state index in [1.165, 1.54) is 5.56 Å². The Hall–Kier alpha value is -1.58. The highest BCUT2D eigenvalue weighted by Gasteiger charge is 2.37. The number of carbonyl (C=O) groups is 1. The lowest BCUT2D eigenvalue weighted by Gasteiger charge is -2.45. The van der Waals surface area contributed by atoms with E-state index in [-0.39, 0.29) is 11.3 Å². The lowest BCUT2D eigenvalue weighted by atomic mass is 9.84. The van der Waals surface area contributed by atoms with Gasteiger partial charge in [-0.05, 0) is 29.9 Å². The number of likely N-dealkylation sites (tertiary alicyclic amines) is 1. The number of hydrogen-bond acceptors (Lipinski definition) is 3. The quantitative estimate of drug-likeness (QED) is 0.822. The van der Waals surface area contributed by atoms with Gasteiger partial charge < -0.3 is 10.2 Å². The number of aromatic nitrogens is 1. The summed E-state index contributed by atoms with van der Waals surface area (Å²) in [7, 11) is 0. The Labute approximate surface area is 107 Å². The zero-order valence-corrected chi connectivity index (χ0v) is 11.0. The van der Waals surface area contributed by atoms with Gasteiger partial charge in [0.2, 0.25) is 0 Å². The van der Waals surface area contributed by atoms with Crippen LogP contribution in [0.1, 0.15) is 36.2 Å². The summed E-state index contributed by atoms with van der Waals surface area (Å²) < 4.78 is 0. The van der Waals surface area contributed by atoms with E-state index in [9.17, 15) is 4.79 Å². The monoisotopic (exact) mass is 245 g/mol. The molecule has 0 atom stereocenters. The molecule has 3 rings (SSSR count). The normalized spacial score (nSPS) is 20.7. The smallest absolute Gasteiger partial charge is 0.255 e. The Morgan fingerprint density at radius 2 is 2.22 bits per heavy atom.